The third-order valence-electron chi connectivity index (χ3n) is 7.17. The monoisotopic (exact) mass is 438 g/mol. The lowest BCUT2D eigenvalue weighted by Gasteiger charge is -2.42. The van der Waals surface area contributed by atoms with Crippen molar-refractivity contribution in [3.8, 4) is 5.75 Å². The fourth-order valence-corrected chi connectivity index (χ4v) is 5.17. The normalized spacial score (nSPS) is 22.4. The first-order valence-electron chi connectivity index (χ1n) is 11.2. The molecule has 0 spiro atoms. The molecule has 0 amide bonds. The van der Waals surface area contributed by atoms with Crippen molar-refractivity contribution in [2.45, 2.75) is 64.5 Å². The van der Waals surface area contributed by atoms with Crippen LogP contribution in [0.1, 0.15) is 57.1 Å². The summed E-state index contributed by atoms with van der Waals surface area (Å²) in [5, 5.41) is 1.96. The van der Waals surface area contributed by atoms with E-state index in [0.29, 0.717) is 16.2 Å². The highest BCUT2D eigenvalue weighted by molar-refractivity contribution is 6.32. The van der Waals surface area contributed by atoms with Crippen molar-refractivity contribution >= 4 is 22.4 Å². The second-order valence-corrected chi connectivity index (χ2v) is 9.36. The summed E-state index contributed by atoms with van der Waals surface area (Å²) >= 11 is 6.54. The van der Waals surface area contributed by atoms with Crippen LogP contribution < -0.4 is 16.0 Å². The van der Waals surface area contributed by atoms with Gasteiger partial charge in [-0.15, -0.1) is 0 Å². The van der Waals surface area contributed by atoms with E-state index in [1.165, 1.54) is 5.56 Å². The van der Waals surface area contributed by atoms with Crippen molar-refractivity contribution in [1.29, 1.82) is 0 Å². The molecule has 1 fully saturated rings. The van der Waals surface area contributed by atoms with E-state index >= 15 is 0 Å². The van der Waals surface area contributed by atoms with E-state index in [4.69, 9.17) is 22.1 Å². The summed E-state index contributed by atoms with van der Waals surface area (Å²) in [6.07, 6.45) is 7.81. The number of hydrogen-bond donors (Lipinski definition) is 2. The van der Waals surface area contributed by atoms with Gasteiger partial charge in [-0.25, -0.2) is 0 Å². The Morgan fingerprint density at radius 2 is 1.90 bits per heavy atom. The molecule has 1 aliphatic rings. The highest BCUT2D eigenvalue weighted by Gasteiger charge is 2.37. The van der Waals surface area contributed by atoms with E-state index in [9.17, 15) is 4.79 Å². The predicted molar refractivity (Wildman–Crippen MR) is 128 cm³/mol. The Morgan fingerprint density at radius 1 is 1.19 bits per heavy atom. The van der Waals surface area contributed by atoms with Crippen molar-refractivity contribution in [2.24, 2.45) is 11.1 Å². The van der Waals surface area contributed by atoms with E-state index in [-0.39, 0.29) is 23.1 Å². The van der Waals surface area contributed by atoms with Gasteiger partial charge in [0.15, 0.2) is 0 Å². The van der Waals surface area contributed by atoms with Gasteiger partial charge in [-0.1, -0.05) is 48.9 Å². The minimum absolute atomic E-state index is 0.118. The lowest BCUT2D eigenvalue weighted by atomic mass is 9.67. The third-order valence-corrected chi connectivity index (χ3v) is 7.46. The Balaban J connectivity index is 1.61. The Bertz CT molecular complexity index is 1100. The molecule has 3 aromatic rings. The highest BCUT2D eigenvalue weighted by atomic mass is 35.5. The number of aromatic amines is 1. The van der Waals surface area contributed by atoms with Crippen LogP contribution >= 0.6 is 11.6 Å². The maximum Gasteiger partial charge on any atom is 0.255 e. The number of aromatic nitrogens is 1. The lowest BCUT2D eigenvalue weighted by molar-refractivity contribution is 0.0619. The molecule has 1 heterocycles. The first-order valence-corrected chi connectivity index (χ1v) is 11.6. The Morgan fingerprint density at radius 3 is 2.55 bits per heavy atom. The van der Waals surface area contributed by atoms with Crippen LogP contribution in [0.4, 0.5) is 0 Å². The summed E-state index contributed by atoms with van der Waals surface area (Å²) in [4.78, 5) is 15.3. The van der Waals surface area contributed by atoms with Crippen LogP contribution in [0.25, 0.3) is 10.8 Å². The summed E-state index contributed by atoms with van der Waals surface area (Å²) < 4.78 is 6.37. The average Bonchev–Trinajstić information content (AvgIpc) is 2.78. The quantitative estimate of drug-likeness (QED) is 0.508. The fourth-order valence-electron chi connectivity index (χ4n) is 4.96. The van der Waals surface area contributed by atoms with Gasteiger partial charge in [0.1, 0.15) is 5.75 Å². The van der Waals surface area contributed by atoms with Crippen molar-refractivity contribution in [3.05, 3.63) is 75.2 Å². The number of rotatable bonds is 6. The molecule has 1 aliphatic carbocycles. The summed E-state index contributed by atoms with van der Waals surface area (Å²) in [5.74, 6) is 0.656. The van der Waals surface area contributed by atoms with Crippen LogP contribution in [0.5, 0.6) is 5.75 Å². The smallest absolute Gasteiger partial charge is 0.255 e. The summed E-state index contributed by atoms with van der Waals surface area (Å²) in [6.45, 7) is 4.35. The van der Waals surface area contributed by atoms with Gasteiger partial charge >= 0.3 is 0 Å². The second kappa shape index (κ2) is 9.05. The van der Waals surface area contributed by atoms with Gasteiger partial charge in [-0.2, -0.15) is 0 Å². The lowest BCUT2D eigenvalue weighted by Crippen LogP contribution is -2.43. The van der Waals surface area contributed by atoms with Crippen molar-refractivity contribution in [3.63, 3.8) is 0 Å². The van der Waals surface area contributed by atoms with E-state index < -0.39 is 0 Å². The third kappa shape index (κ3) is 4.51. The van der Waals surface area contributed by atoms with Gasteiger partial charge < -0.3 is 15.5 Å². The van der Waals surface area contributed by atoms with Crippen molar-refractivity contribution in [2.75, 3.05) is 0 Å². The number of nitrogens with two attached hydrogens (primary N) is 1. The fraction of sp³-hybridized carbons (Fsp3) is 0.423. The predicted octanol–water partition coefficient (Wildman–Crippen LogP) is 5.84. The van der Waals surface area contributed by atoms with E-state index in [0.717, 1.165) is 49.5 Å². The van der Waals surface area contributed by atoms with Crippen LogP contribution in [-0.2, 0) is 6.42 Å². The van der Waals surface area contributed by atoms with Gasteiger partial charge in [-0.3, -0.25) is 4.79 Å². The molecule has 0 bridgehead atoms. The van der Waals surface area contributed by atoms with E-state index in [1.54, 1.807) is 12.3 Å². The molecule has 4 nitrogen and oxygen atoms in total. The zero-order valence-electron chi connectivity index (χ0n) is 18.3. The van der Waals surface area contributed by atoms with Crippen LogP contribution in [0.2, 0.25) is 5.02 Å². The standard InChI is InChI=1S/C26H31ClN2O2/c1-3-26(17(2)28)11-9-20(10-12-26)31-24-15-21-19(13-18-7-5-4-6-8-18)16-29-25(30)22(21)14-23(24)27/h4-8,14-17,20H,3,9-13,28H2,1-2H3,(H,29,30)/t17?,20-,26+. The number of nitrogens with one attached hydrogen (secondary N) is 1. The molecule has 0 saturated heterocycles. The zero-order valence-corrected chi connectivity index (χ0v) is 19.0. The number of fused-ring (bicyclic) bond motifs is 1. The second-order valence-electron chi connectivity index (χ2n) is 8.96. The summed E-state index contributed by atoms with van der Waals surface area (Å²) in [5.41, 5.74) is 8.61. The largest absolute Gasteiger partial charge is 0.489 e. The van der Waals surface area contributed by atoms with E-state index in [1.807, 2.05) is 24.3 Å². The maximum absolute atomic E-state index is 12.4. The number of H-pyrrole nitrogens is 1. The molecule has 164 valence electrons. The molecule has 1 saturated carbocycles. The number of hydrogen-bond acceptors (Lipinski definition) is 3. The van der Waals surface area contributed by atoms with Crippen molar-refractivity contribution in [1.82, 2.24) is 4.98 Å². The molecule has 2 aromatic carbocycles. The minimum atomic E-state index is -0.136. The number of benzene rings is 2. The minimum Gasteiger partial charge on any atom is -0.489 e. The van der Waals surface area contributed by atoms with Gasteiger partial charge in [0.05, 0.1) is 11.1 Å². The number of pyridine rings is 1. The van der Waals surface area contributed by atoms with Crippen LogP contribution in [0.3, 0.4) is 0 Å². The first-order chi connectivity index (χ1) is 14.9. The first kappa shape index (κ1) is 21.9. The highest BCUT2D eigenvalue weighted by Crippen LogP contribution is 2.43. The molecule has 5 heteroatoms. The van der Waals surface area contributed by atoms with Crippen molar-refractivity contribution < 1.29 is 4.74 Å². The van der Waals surface area contributed by atoms with Crippen LogP contribution in [0.15, 0.2) is 53.5 Å². The Hall–Kier alpha value is -2.30. The molecule has 1 aromatic heterocycles. The molecule has 0 radical (unpaired) electrons. The molecule has 31 heavy (non-hydrogen) atoms. The number of halogens is 1. The molecule has 3 N–H and O–H groups in total. The van der Waals surface area contributed by atoms with Gasteiger partial charge in [0, 0.05) is 17.6 Å². The Kier molecular flexibility index (Phi) is 6.40. The van der Waals surface area contributed by atoms with Gasteiger partial charge in [0.2, 0.25) is 0 Å². The Labute approximate surface area is 188 Å². The maximum atomic E-state index is 12.4. The molecule has 4 rings (SSSR count). The topological polar surface area (TPSA) is 68.1 Å². The van der Waals surface area contributed by atoms with Gasteiger partial charge in [0.25, 0.3) is 5.56 Å². The molecule has 1 unspecified atom stereocenters. The summed E-state index contributed by atoms with van der Waals surface area (Å²) in [7, 11) is 0. The molecular formula is C26H31ClN2O2. The molecular weight excluding hydrogens is 408 g/mol. The molecule has 1 atom stereocenters. The zero-order chi connectivity index (χ0) is 22.0. The summed E-state index contributed by atoms with van der Waals surface area (Å²) in [6, 6.07) is 14.1. The SMILES string of the molecule is CC[C@]1(C(C)N)CC[C@@H](Oc2cc3c(Cc4ccccc4)c[nH]c(=O)c3cc2Cl)CC1. The van der Waals surface area contributed by atoms with Crippen LogP contribution in [0, 0.1) is 5.41 Å². The molecule has 0 aliphatic heterocycles. The number of ether oxygens (including phenoxy) is 1. The van der Waals surface area contributed by atoms with Crippen LogP contribution in [-0.4, -0.2) is 17.1 Å². The van der Waals surface area contributed by atoms with Gasteiger partial charge in [-0.05, 0) is 79.5 Å². The average molecular weight is 439 g/mol. The van der Waals surface area contributed by atoms with E-state index in [2.05, 4.69) is 31.0 Å².